The molecule has 2 heterocycles. The summed E-state index contributed by atoms with van der Waals surface area (Å²) in [7, 11) is 0. The molecule has 0 aromatic carbocycles. The molecule has 0 aromatic rings. The second kappa shape index (κ2) is 4.87. The van der Waals surface area contributed by atoms with Crippen LogP contribution in [-0.4, -0.2) is 37.0 Å². The highest BCUT2D eigenvalue weighted by molar-refractivity contribution is 4.97. The molecule has 2 rings (SSSR count). The Labute approximate surface area is 105 Å². The largest absolute Gasteiger partial charge is 0.378 e. The Balaban J connectivity index is 2.07. The summed E-state index contributed by atoms with van der Waals surface area (Å²) in [5.74, 6) is 0.575. The van der Waals surface area contributed by atoms with Crippen LogP contribution in [-0.2, 0) is 9.47 Å². The van der Waals surface area contributed by atoms with E-state index in [1.807, 2.05) is 0 Å². The van der Waals surface area contributed by atoms with E-state index in [1.54, 1.807) is 0 Å². The van der Waals surface area contributed by atoms with Gasteiger partial charge in [0.05, 0.1) is 17.3 Å². The van der Waals surface area contributed by atoms with Crippen LogP contribution < -0.4 is 5.32 Å². The third-order valence-electron chi connectivity index (χ3n) is 4.36. The Morgan fingerprint density at radius 3 is 2.76 bits per heavy atom. The minimum absolute atomic E-state index is 0.00286. The van der Waals surface area contributed by atoms with Gasteiger partial charge < -0.3 is 14.8 Å². The van der Waals surface area contributed by atoms with Gasteiger partial charge in [0.25, 0.3) is 0 Å². The van der Waals surface area contributed by atoms with Crippen LogP contribution in [0.2, 0.25) is 0 Å². The van der Waals surface area contributed by atoms with Crippen molar-refractivity contribution in [3.8, 4) is 0 Å². The quantitative estimate of drug-likeness (QED) is 0.805. The van der Waals surface area contributed by atoms with E-state index in [0.29, 0.717) is 12.0 Å². The normalized spacial score (nSPS) is 43.2. The monoisotopic (exact) mass is 241 g/mol. The average Bonchev–Trinajstić information content (AvgIpc) is 2.29. The maximum absolute atomic E-state index is 6.49. The third kappa shape index (κ3) is 2.83. The van der Waals surface area contributed by atoms with Crippen molar-refractivity contribution in [3.05, 3.63) is 0 Å². The van der Waals surface area contributed by atoms with Crippen molar-refractivity contribution in [1.29, 1.82) is 0 Å². The Morgan fingerprint density at radius 1 is 1.35 bits per heavy atom. The van der Waals surface area contributed by atoms with Crippen LogP contribution in [0.25, 0.3) is 0 Å². The second-order valence-electron chi connectivity index (χ2n) is 6.30. The zero-order valence-corrected chi connectivity index (χ0v) is 11.7. The molecule has 0 radical (unpaired) electrons. The highest BCUT2D eigenvalue weighted by atomic mass is 16.5. The van der Waals surface area contributed by atoms with Crippen molar-refractivity contribution >= 4 is 0 Å². The molecule has 0 saturated carbocycles. The molecular weight excluding hydrogens is 214 g/mol. The highest BCUT2D eigenvalue weighted by Crippen LogP contribution is 2.37. The Kier molecular flexibility index (Phi) is 3.81. The molecule has 0 aliphatic carbocycles. The molecule has 17 heavy (non-hydrogen) atoms. The van der Waals surface area contributed by atoms with E-state index in [2.05, 4.69) is 33.0 Å². The maximum atomic E-state index is 6.49. The average molecular weight is 241 g/mol. The minimum Gasteiger partial charge on any atom is -0.378 e. The zero-order chi connectivity index (χ0) is 12.5. The van der Waals surface area contributed by atoms with Crippen LogP contribution in [0.4, 0.5) is 0 Å². The molecule has 3 atom stereocenters. The maximum Gasteiger partial charge on any atom is 0.0860 e. The van der Waals surface area contributed by atoms with Crippen LogP contribution in [0.15, 0.2) is 0 Å². The molecule has 3 nitrogen and oxygen atoms in total. The number of nitrogens with one attached hydrogen (secondary N) is 1. The Hall–Kier alpha value is -0.120. The van der Waals surface area contributed by atoms with E-state index in [1.165, 1.54) is 0 Å². The van der Waals surface area contributed by atoms with Gasteiger partial charge in [0.2, 0.25) is 0 Å². The first-order chi connectivity index (χ1) is 7.99. The molecule has 2 aliphatic heterocycles. The van der Waals surface area contributed by atoms with E-state index in [0.717, 1.165) is 39.0 Å². The lowest BCUT2D eigenvalue weighted by atomic mass is 9.83. The van der Waals surface area contributed by atoms with E-state index in [9.17, 15) is 0 Å². The van der Waals surface area contributed by atoms with Crippen molar-refractivity contribution in [1.82, 2.24) is 5.32 Å². The SMILES string of the molecule is CCC1(C)CNCC2(CCOC(C(C)C)C2)O1. The van der Waals surface area contributed by atoms with Crippen molar-refractivity contribution in [2.75, 3.05) is 19.7 Å². The summed E-state index contributed by atoms with van der Waals surface area (Å²) in [5, 5.41) is 3.57. The smallest absolute Gasteiger partial charge is 0.0860 e. The zero-order valence-electron chi connectivity index (χ0n) is 11.7. The standard InChI is InChI=1S/C14H27NO2/c1-5-13(4)9-15-10-14(17-13)6-7-16-12(8-14)11(2)3/h11-12,15H,5-10H2,1-4H3. The summed E-state index contributed by atoms with van der Waals surface area (Å²) in [6, 6.07) is 0. The van der Waals surface area contributed by atoms with Gasteiger partial charge in [0.1, 0.15) is 0 Å². The third-order valence-corrected chi connectivity index (χ3v) is 4.36. The lowest BCUT2D eigenvalue weighted by Crippen LogP contribution is -2.62. The summed E-state index contributed by atoms with van der Waals surface area (Å²) in [6.45, 7) is 11.7. The first-order valence-corrected chi connectivity index (χ1v) is 7.01. The van der Waals surface area contributed by atoms with Gasteiger partial charge in [-0.15, -0.1) is 0 Å². The molecule has 2 fully saturated rings. The molecule has 100 valence electrons. The fourth-order valence-electron chi connectivity index (χ4n) is 2.95. The predicted molar refractivity (Wildman–Crippen MR) is 69.2 cm³/mol. The number of morpholine rings is 1. The summed E-state index contributed by atoms with van der Waals surface area (Å²) in [6.07, 6.45) is 3.48. The fraction of sp³-hybridized carbons (Fsp3) is 1.00. The van der Waals surface area contributed by atoms with Gasteiger partial charge in [-0.05, 0) is 19.3 Å². The summed E-state index contributed by atoms with van der Waals surface area (Å²) in [4.78, 5) is 0. The van der Waals surface area contributed by atoms with Crippen molar-refractivity contribution < 1.29 is 9.47 Å². The second-order valence-corrected chi connectivity index (χ2v) is 6.30. The Bertz CT molecular complexity index is 265. The Morgan fingerprint density at radius 2 is 2.12 bits per heavy atom. The van der Waals surface area contributed by atoms with Crippen LogP contribution in [0.3, 0.4) is 0 Å². The van der Waals surface area contributed by atoms with Gasteiger partial charge in [-0.3, -0.25) is 0 Å². The fourth-order valence-corrected chi connectivity index (χ4v) is 2.95. The topological polar surface area (TPSA) is 30.5 Å². The summed E-state index contributed by atoms with van der Waals surface area (Å²) in [5.41, 5.74) is 0.00726. The molecule has 3 heteroatoms. The van der Waals surface area contributed by atoms with E-state index >= 15 is 0 Å². The highest BCUT2D eigenvalue weighted by Gasteiger charge is 2.46. The van der Waals surface area contributed by atoms with E-state index in [-0.39, 0.29) is 11.2 Å². The van der Waals surface area contributed by atoms with Crippen molar-refractivity contribution in [2.24, 2.45) is 5.92 Å². The van der Waals surface area contributed by atoms with E-state index < -0.39 is 0 Å². The molecule has 1 N–H and O–H groups in total. The molecule has 2 saturated heterocycles. The van der Waals surface area contributed by atoms with Crippen LogP contribution in [0.1, 0.15) is 47.0 Å². The molecule has 1 spiro atoms. The molecular formula is C14H27NO2. The first-order valence-electron chi connectivity index (χ1n) is 7.01. The first kappa shape index (κ1) is 13.3. The minimum atomic E-state index is -0.00286. The summed E-state index contributed by atoms with van der Waals surface area (Å²) >= 11 is 0. The van der Waals surface area contributed by atoms with E-state index in [4.69, 9.17) is 9.47 Å². The van der Waals surface area contributed by atoms with Crippen LogP contribution in [0.5, 0.6) is 0 Å². The number of rotatable bonds is 2. The van der Waals surface area contributed by atoms with Crippen molar-refractivity contribution in [2.45, 2.75) is 64.3 Å². The summed E-state index contributed by atoms with van der Waals surface area (Å²) < 4.78 is 12.4. The van der Waals surface area contributed by atoms with Gasteiger partial charge in [-0.25, -0.2) is 0 Å². The van der Waals surface area contributed by atoms with Gasteiger partial charge in [-0.1, -0.05) is 20.8 Å². The van der Waals surface area contributed by atoms with Crippen LogP contribution >= 0.6 is 0 Å². The lowest BCUT2D eigenvalue weighted by molar-refractivity contribution is -0.219. The predicted octanol–water partition coefficient (Wildman–Crippen LogP) is 2.35. The molecule has 0 amide bonds. The lowest BCUT2D eigenvalue weighted by Gasteiger charge is -2.51. The van der Waals surface area contributed by atoms with Gasteiger partial charge in [-0.2, -0.15) is 0 Å². The molecule has 0 bridgehead atoms. The van der Waals surface area contributed by atoms with Gasteiger partial charge in [0.15, 0.2) is 0 Å². The molecule has 3 unspecified atom stereocenters. The molecule has 0 aromatic heterocycles. The molecule has 2 aliphatic rings. The van der Waals surface area contributed by atoms with Crippen LogP contribution in [0, 0.1) is 5.92 Å². The number of hydrogen-bond acceptors (Lipinski definition) is 3. The number of ether oxygens (including phenoxy) is 2. The van der Waals surface area contributed by atoms with Gasteiger partial charge in [0, 0.05) is 32.5 Å². The van der Waals surface area contributed by atoms with Crippen molar-refractivity contribution in [3.63, 3.8) is 0 Å². The van der Waals surface area contributed by atoms with Gasteiger partial charge >= 0.3 is 0 Å². The number of hydrogen-bond donors (Lipinski definition) is 1.